The molecular weight excluding hydrogens is 419 g/mol. The van der Waals surface area contributed by atoms with Crippen LogP contribution in [0.5, 0.6) is 0 Å². The minimum absolute atomic E-state index is 0.135. The number of benzene rings is 1. The molecule has 5 aromatic rings. The number of aromatic amines is 1. The van der Waals surface area contributed by atoms with E-state index in [1.165, 1.54) is 16.8 Å². The molecule has 1 atom stereocenters. The molecule has 4 aromatic heterocycles. The Labute approximate surface area is 180 Å². The van der Waals surface area contributed by atoms with Crippen LogP contribution >= 0.6 is 0 Å². The number of pyridine rings is 1. The van der Waals surface area contributed by atoms with Crippen LogP contribution in [0.15, 0.2) is 61.3 Å². The molecule has 32 heavy (non-hydrogen) atoms. The van der Waals surface area contributed by atoms with Gasteiger partial charge in [-0.2, -0.15) is 18.3 Å². The maximum Gasteiger partial charge on any atom is 0.416 e. The third-order valence-corrected chi connectivity index (χ3v) is 5.47. The predicted molar refractivity (Wildman–Crippen MR) is 113 cm³/mol. The molecule has 0 fully saturated rings. The van der Waals surface area contributed by atoms with Gasteiger partial charge in [0.25, 0.3) is 0 Å². The molecule has 5 rings (SSSR count). The monoisotopic (exact) mass is 437 g/mol. The third kappa shape index (κ3) is 3.43. The summed E-state index contributed by atoms with van der Waals surface area (Å²) in [7, 11) is 1.84. The normalized spacial score (nSPS) is 13.0. The number of fused-ring (bicyclic) bond motifs is 1. The first-order valence-electron chi connectivity index (χ1n) is 9.86. The second-order valence-electron chi connectivity index (χ2n) is 7.57. The number of nitrogens with zero attached hydrogens (tertiary/aromatic N) is 6. The lowest BCUT2D eigenvalue weighted by Gasteiger charge is -2.18. The van der Waals surface area contributed by atoms with Crippen LogP contribution in [0.1, 0.15) is 24.1 Å². The van der Waals surface area contributed by atoms with Gasteiger partial charge in [-0.15, -0.1) is 5.10 Å². The molecule has 1 N–H and O–H groups in total. The summed E-state index contributed by atoms with van der Waals surface area (Å²) in [5.41, 5.74) is 3.26. The van der Waals surface area contributed by atoms with E-state index in [0.717, 1.165) is 28.1 Å². The van der Waals surface area contributed by atoms with Crippen LogP contribution in [0.4, 0.5) is 13.2 Å². The Hall–Kier alpha value is -3.95. The number of H-pyrrole nitrogens is 1. The molecule has 0 aliphatic carbocycles. The molecule has 0 bridgehead atoms. The fourth-order valence-corrected chi connectivity index (χ4v) is 3.79. The lowest BCUT2D eigenvalue weighted by atomic mass is 10.0. The van der Waals surface area contributed by atoms with Crippen LogP contribution in [0.3, 0.4) is 0 Å². The number of aryl methyl sites for hydroxylation is 1. The minimum atomic E-state index is -4.44. The first-order valence-corrected chi connectivity index (χ1v) is 9.86. The molecule has 0 spiro atoms. The zero-order chi connectivity index (χ0) is 22.5. The summed E-state index contributed by atoms with van der Waals surface area (Å²) in [6, 6.07) is 6.84. The fourth-order valence-electron chi connectivity index (χ4n) is 3.79. The SMILES string of the molecule is CC(c1ccccc1C(F)(F)F)n1cc(-c2c[nH]c3ncc(-c4cnn(C)c4)cc23)nn1. The van der Waals surface area contributed by atoms with Crippen molar-refractivity contribution >= 4 is 11.0 Å². The summed E-state index contributed by atoms with van der Waals surface area (Å²) in [6.07, 6.45) is 4.38. The first-order chi connectivity index (χ1) is 15.3. The minimum Gasteiger partial charge on any atom is -0.345 e. The van der Waals surface area contributed by atoms with Crippen LogP contribution in [0.25, 0.3) is 33.4 Å². The molecular formula is C22H18F3N7. The van der Waals surface area contributed by atoms with Crippen LogP contribution < -0.4 is 0 Å². The molecule has 0 aliphatic heterocycles. The number of nitrogens with one attached hydrogen (secondary N) is 1. The van der Waals surface area contributed by atoms with Gasteiger partial charge in [-0.1, -0.05) is 23.4 Å². The molecule has 0 saturated carbocycles. The average molecular weight is 437 g/mol. The van der Waals surface area contributed by atoms with Gasteiger partial charge in [-0.3, -0.25) is 4.68 Å². The van der Waals surface area contributed by atoms with E-state index in [1.54, 1.807) is 42.5 Å². The van der Waals surface area contributed by atoms with Crippen LogP contribution in [-0.4, -0.2) is 34.7 Å². The van der Waals surface area contributed by atoms with Gasteiger partial charge >= 0.3 is 6.18 Å². The van der Waals surface area contributed by atoms with Crippen molar-refractivity contribution in [2.45, 2.75) is 19.1 Å². The molecule has 0 radical (unpaired) electrons. The van der Waals surface area contributed by atoms with Crippen molar-refractivity contribution in [1.29, 1.82) is 0 Å². The molecule has 0 amide bonds. The van der Waals surface area contributed by atoms with Gasteiger partial charge in [-0.05, 0) is 24.6 Å². The second-order valence-corrected chi connectivity index (χ2v) is 7.57. The van der Waals surface area contributed by atoms with Crippen molar-refractivity contribution in [2.24, 2.45) is 7.05 Å². The molecule has 1 unspecified atom stereocenters. The van der Waals surface area contributed by atoms with Gasteiger partial charge in [0.2, 0.25) is 0 Å². The summed E-state index contributed by atoms with van der Waals surface area (Å²) >= 11 is 0. The predicted octanol–water partition coefficient (Wildman–Crippen LogP) is 4.85. The zero-order valence-electron chi connectivity index (χ0n) is 17.2. The maximum absolute atomic E-state index is 13.4. The highest BCUT2D eigenvalue weighted by molar-refractivity contribution is 5.94. The maximum atomic E-state index is 13.4. The molecule has 1 aromatic carbocycles. The van der Waals surface area contributed by atoms with E-state index in [1.807, 2.05) is 19.3 Å². The summed E-state index contributed by atoms with van der Waals surface area (Å²) in [4.78, 5) is 7.58. The number of halogens is 3. The van der Waals surface area contributed by atoms with E-state index in [4.69, 9.17) is 0 Å². The molecule has 4 heterocycles. The second kappa shape index (κ2) is 7.33. The summed E-state index contributed by atoms with van der Waals surface area (Å²) in [5, 5.41) is 13.4. The lowest BCUT2D eigenvalue weighted by Crippen LogP contribution is -2.15. The van der Waals surface area contributed by atoms with Crippen molar-refractivity contribution in [1.82, 2.24) is 34.7 Å². The van der Waals surface area contributed by atoms with Crippen LogP contribution in [-0.2, 0) is 13.2 Å². The summed E-state index contributed by atoms with van der Waals surface area (Å²) < 4.78 is 43.5. The van der Waals surface area contributed by atoms with Crippen LogP contribution in [0.2, 0.25) is 0 Å². The standard InChI is InChI=1S/C22H18F3N7/c1-13(16-5-3-4-6-19(16)22(23,24)25)32-12-20(29-30-32)18-10-27-21-17(18)7-14(8-26-21)15-9-28-31(2)11-15/h3-13H,1-2H3,(H,26,27). The Bertz CT molecular complexity index is 1410. The van der Waals surface area contributed by atoms with Crippen LogP contribution in [0, 0.1) is 0 Å². The van der Waals surface area contributed by atoms with Gasteiger partial charge in [0.15, 0.2) is 0 Å². The van der Waals surface area contributed by atoms with Crippen molar-refractivity contribution in [3.05, 3.63) is 72.4 Å². The highest BCUT2D eigenvalue weighted by Gasteiger charge is 2.34. The van der Waals surface area contributed by atoms with E-state index in [0.29, 0.717) is 11.3 Å². The molecule has 0 saturated heterocycles. The van der Waals surface area contributed by atoms with Gasteiger partial charge in [0.1, 0.15) is 11.3 Å². The Balaban J connectivity index is 1.53. The van der Waals surface area contributed by atoms with Crippen molar-refractivity contribution < 1.29 is 13.2 Å². The number of hydrogen-bond donors (Lipinski definition) is 1. The fraction of sp³-hybridized carbons (Fsp3) is 0.182. The van der Waals surface area contributed by atoms with Crippen molar-refractivity contribution in [3.8, 4) is 22.4 Å². The number of hydrogen-bond acceptors (Lipinski definition) is 4. The van der Waals surface area contributed by atoms with Crippen molar-refractivity contribution in [3.63, 3.8) is 0 Å². The smallest absolute Gasteiger partial charge is 0.345 e. The highest BCUT2D eigenvalue weighted by atomic mass is 19.4. The molecule has 162 valence electrons. The Kier molecular flexibility index (Phi) is 4.58. The van der Waals surface area contributed by atoms with Gasteiger partial charge in [-0.25, -0.2) is 9.67 Å². The van der Waals surface area contributed by atoms with Crippen molar-refractivity contribution in [2.75, 3.05) is 0 Å². The lowest BCUT2D eigenvalue weighted by molar-refractivity contribution is -0.138. The Morgan fingerprint density at radius 1 is 1.06 bits per heavy atom. The Morgan fingerprint density at radius 3 is 2.62 bits per heavy atom. The third-order valence-electron chi connectivity index (χ3n) is 5.47. The quantitative estimate of drug-likeness (QED) is 0.436. The summed E-state index contributed by atoms with van der Waals surface area (Å²) in [5.74, 6) is 0. The first kappa shape index (κ1) is 20.0. The number of aromatic nitrogens is 7. The van der Waals surface area contributed by atoms with Gasteiger partial charge in [0.05, 0.1) is 24.0 Å². The average Bonchev–Trinajstić information content (AvgIpc) is 3.51. The van der Waals surface area contributed by atoms with E-state index in [9.17, 15) is 13.2 Å². The van der Waals surface area contributed by atoms with E-state index < -0.39 is 17.8 Å². The molecule has 0 aliphatic rings. The van der Waals surface area contributed by atoms with E-state index in [-0.39, 0.29) is 5.56 Å². The van der Waals surface area contributed by atoms with E-state index >= 15 is 0 Å². The summed E-state index contributed by atoms with van der Waals surface area (Å²) in [6.45, 7) is 1.67. The topological polar surface area (TPSA) is 77.2 Å². The van der Waals surface area contributed by atoms with Gasteiger partial charge in [0, 0.05) is 47.7 Å². The largest absolute Gasteiger partial charge is 0.416 e. The zero-order valence-corrected chi connectivity index (χ0v) is 17.2. The molecule has 7 nitrogen and oxygen atoms in total. The molecule has 10 heteroatoms. The number of alkyl halides is 3. The Morgan fingerprint density at radius 2 is 1.88 bits per heavy atom. The van der Waals surface area contributed by atoms with Gasteiger partial charge < -0.3 is 4.98 Å². The van der Waals surface area contributed by atoms with E-state index in [2.05, 4.69) is 25.4 Å². The highest BCUT2D eigenvalue weighted by Crippen LogP contribution is 2.36. The number of rotatable bonds is 4.